The Labute approximate surface area is 92.0 Å². The maximum absolute atomic E-state index is 9.18. The first-order valence-electron chi connectivity index (χ1n) is 5.16. The minimum Gasteiger partial charge on any atom is -0.508 e. The second-order valence-electron chi connectivity index (χ2n) is 2.17. The number of nitrogens with two attached hydrogens (primary N) is 1. The van der Waals surface area contributed by atoms with Crippen molar-refractivity contribution < 1.29 is 9.94 Å². The van der Waals surface area contributed by atoms with Gasteiger partial charge in [0.05, 0.1) is 0 Å². The molecule has 4 heteroatoms. The summed E-state index contributed by atoms with van der Waals surface area (Å²) >= 11 is 0. The highest BCUT2D eigenvalue weighted by molar-refractivity contribution is 5.38. The van der Waals surface area contributed by atoms with Crippen LogP contribution in [0.15, 0.2) is 18.2 Å². The Bertz CT molecular complexity index is 252. The van der Waals surface area contributed by atoms with E-state index in [-0.39, 0.29) is 5.75 Å². The Morgan fingerprint density at radius 2 is 1.73 bits per heavy atom. The standard InChI is InChI=1S/C7H10N2O2.2C2H6/c1-5-2-3-6(11-9-8)4-7(5)10;2*1-2/h2-4,9-10H,8H2,1H3;2*1-2H3. The number of nitrogens with one attached hydrogen (secondary N) is 1. The lowest BCUT2D eigenvalue weighted by Crippen LogP contribution is -2.25. The summed E-state index contributed by atoms with van der Waals surface area (Å²) in [4.78, 5) is 4.71. The number of benzene rings is 1. The molecule has 0 saturated heterocycles. The zero-order chi connectivity index (χ0) is 12.3. The van der Waals surface area contributed by atoms with E-state index in [0.717, 1.165) is 5.56 Å². The number of aromatic hydroxyl groups is 1. The highest BCUT2D eigenvalue weighted by Crippen LogP contribution is 2.21. The molecule has 88 valence electrons. The molecule has 0 aliphatic rings. The number of hydrogen-bond acceptors (Lipinski definition) is 4. The van der Waals surface area contributed by atoms with Gasteiger partial charge in [-0.3, -0.25) is 0 Å². The summed E-state index contributed by atoms with van der Waals surface area (Å²) in [6, 6.07) is 4.92. The Morgan fingerprint density at radius 1 is 1.20 bits per heavy atom. The monoisotopic (exact) mass is 214 g/mol. The van der Waals surface area contributed by atoms with Crippen LogP contribution < -0.4 is 16.3 Å². The molecule has 1 aromatic carbocycles. The number of rotatable bonds is 2. The average molecular weight is 214 g/mol. The van der Waals surface area contributed by atoms with E-state index in [2.05, 4.69) is 0 Å². The molecule has 0 spiro atoms. The third kappa shape index (κ3) is 6.76. The van der Waals surface area contributed by atoms with Crippen LogP contribution in [0.25, 0.3) is 0 Å². The molecule has 0 saturated carbocycles. The summed E-state index contributed by atoms with van der Waals surface area (Å²) in [5.74, 6) is 5.57. The predicted molar refractivity (Wildman–Crippen MR) is 63.5 cm³/mol. The Hall–Kier alpha value is -1.26. The van der Waals surface area contributed by atoms with Gasteiger partial charge in [-0.25, -0.2) is 5.84 Å². The average Bonchev–Trinajstić information content (AvgIpc) is 2.30. The summed E-state index contributed by atoms with van der Waals surface area (Å²) in [6.45, 7) is 9.80. The van der Waals surface area contributed by atoms with Crippen molar-refractivity contribution in [3.8, 4) is 11.5 Å². The molecule has 0 aromatic heterocycles. The number of aryl methyl sites for hydroxylation is 1. The van der Waals surface area contributed by atoms with Crippen LogP contribution in [0, 0.1) is 6.92 Å². The van der Waals surface area contributed by atoms with Crippen LogP contribution in [0.3, 0.4) is 0 Å². The molecule has 0 unspecified atom stereocenters. The number of hydrazine groups is 1. The second kappa shape index (κ2) is 10.8. The van der Waals surface area contributed by atoms with Gasteiger partial charge in [0.25, 0.3) is 0 Å². The molecular formula is C11H22N2O2. The molecule has 0 heterocycles. The molecule has 4 nitrogen and oxygen atoms in total. The Kier molecular flexibility index (Phi) is 11.7. The maximum Gasteiger partial charge on any atom is 0.152 e. The molecule has 0 bridgehead atoms. The van der Waals surface area contributed by atoms with Crippen molar-refractivity contribution in [2.24, 2.45) is 5.84 Å². The third-order valence-electron chi connectivity index (χ3n) is 1.36. The lowest BCUT2D eigenvalue weighted by molar-refractivity contribution is 0.198. The first-order chi connectivity index (χ1) is 7.24. The van der Waals surface area contributed by atoms with Gasteiger partial charge < -0.3 is 9.94 Å². The summed E-state index contributed by atoms with van der Waals surface area (Å²) in [5.41, 5.74) is 2.82. The predicted octanol–water partition coefficient (Wildman–Crippen LogP) is 2.51. The van der Waals surface area contributed by atoms with Gasteiger partial charge in [0.2, 0.25) is 0 Å². The summed E-state index contributed by atoms with van der Waals surface area (Å²) in [5, 5.41) is 9.18. The van der Waals surface area contributed by atoms with Crippen LogP contribution in [-0.4, -0.2) is 5.11 Å². The van der Waals surface area contributed by atoms with Gasteiger partial charge in [0.15, 0.2) is 5.75 Å². The number of hydrogen-bond donors (Lipinski definition) is 3. The van der Waals surface area contributed by atoms with Crippen LogP contribution in [0.1, 0.15) is 33.3 Å². The van der Waals surface area contributed by atoms with Crippen molar-refractivity contribution >= 4 is 0 Å². The van der Waals surface area contributed by atoms with Gasteiger partial charge in [-0.1, -0.05) is 39.4 Å². The molecule has 1 rings (SSSR count). The van der Waals surface area contributed by atoms with E-state index in [1.807, 2.05) is 33.3 Å². The molecule has 0 fully saturated rings. The molecule has 0 aliphatic heterocycles. The SMILES string of the molecule is CC.CC.Cc1ccc(ONN)cc1O. The van der Waals surface area contributed by atoms with E-state index in [1.54, 1.807) is 19.1 Å². The first-order valence-corrected chi connectivity index (χ1v) is 5.16. The fourth-order valence-corrected chi connectivity index (χ4v) is 0.721. The van der Waals surface area contributed by atoms with Gasteiger partial charge >= 0.3 is 0 Å². The van der Waals surface area contributed by atoms with Crippen molar-refractivity contribution in [2.45, 2.75) is 34.6 Å². The minimum atomic E-state index is 0.192. The van der Waals surface area contributed by atoms with Gasteiger partial charge in [0.1, 0.15) is 5.75 Å². The summed E-state index contributed by atoms with van der Waals surface area (Å²) in [6.07, 6.45) is 0. The van der Waals surface area contributed by atoms with Crippen LogP contribution in [0.5, 0.6) is 11.5 Å². The first kappa shape index (κ1) is 16.2. The van der Waals surface area contributed by atoms with Crippen LogP contribution >= 0.6 is 0 Å². The van der Waals surface area contributed by atoms with E-state index in [0.29, 0.717) is 5.75 Å². The molecule has 0 radical (unpaired) electrons. The smallest absolute Gasteiger partial charge is 0.152 e. The lowest BCUT2D eigenvalue weighted by Gasteiger charge is -2.03. The van der Waals surface area contributed by atoms with E-state index < -0.39 is 0 Å². The lowest BCUT2D eigenvalue weighted by atomic mass is 10.2. The molecule has 0 aliphatic carbocycles. The normalized spacial score (nSPS) is 7.87. The van der Waals surface area contributed by atoms with E-state index in [1.165, 1.54) is 6.07 Å². The van der Waals surface area contributed by atoms with Crippen molar-refractivity contribution in [2.75, 3.05) is 0 Å². The van der Waals surface area contributed by atoms with E-state index in [4.69, 9.17) is 10.7 Å². The minimum absolute atomic E-state index is 0.192. The zero-order valence-corrected chi connectivity index (χ0v) is 10.2. The summed E-state index contributed by atoms with van der Waals surface area (Å²) in [7, 11) is 0. The van der Waals surface area contributed by atoms with Crippen molar-refractivity contribution in [1.29, 1.82) is 0 Å². The molecule has 0 atom stereocenters. The maximum atomic E-state index is 9.18. The van der Waals surface area contributed by atoms with Crippen molar-refractivity contribution in [1.82, 2.24) is 5.59 Å². The quantitative estimate of drug-likeness (QED) is 0.522. The number of phenols is 1. The van der Waals surface area contributed by atoms with E-state index >= 15 is 0 Å². The molecule has 15 heavy (non-hydrogen) atoms. The van der Waals surface area contributed by atoms with Gasteiger partial charge in [-0.05, 0) is 18.6 Å². The van der Waals surface area contributed by atoms with E-state index in [9.17, 15) is 5.11 Å². The highest BCUT2D eigenvalue weighted by atomic mass is 16.7. The second-order valence-corrected chi connectivity index (χ2v) is 2.17. The van der Waals surface area contributed by atoms with Crippen LogP contribution in [0.4, 0.5) is 0 Å². The fraction of sp³-hybridized carbons (Fsp3) is 0.455. The van der Waals surface area contributed by atoms with Gasteiger partial charge in [-0.2, -0.15) is 0 Å². The topological polar surface area (TPSA) is 67.5 Å². The van der Waals surface area contributed by atoms with Crippen molar-refractivity contribution in [3.63, 3.8) is 0 Å². The molecule has 0 amide bonds. The zero-order valence-electron chi connectivity index (χ0n) is 10.2. The summed E-state index contributed by atoms with van der Waals surface area (Å²) < 4.78 is 0. The van der Waals surface area contributed by atoms with Gasteiger partial charge in [-0.15, -0.1) is 0 Å². The Balaban J connectivity index is 0. The van der Waals surface area contributed by atoms with Crippen LogP contribution in [-0.2, 0) is 0 Å². The Morgan fingerprint density at radius 3 is 2.13 bits per heavy atom. The third-order valence-corrected chi connectivity index (χ3v) is 1.36. The fourth-order valence-electron chi connectivity index (χ4n) is 0.721. The molecule has 4 N–H and O–H groups in total. The van der Waals surface area contributed by atoms with Crippen LogP contribution in [0.2, 0.25) is 0 Å². The molecule has 1 aromatic rings. The number of phenolic OH excluding ortho intramolecular Hbond substituents is 1. The molecular weight excluding hydrogens is 192 g/mol. The van der Waals surface area contributed by atoms with Crippen molar-refractivity contribution in [3.05, 3.63) is 23.8 Å². The highest BCUT2D eigenvalue weighted by Gasteiger charge is 1.97. The largest absolute Gasteiger partial charge is 0.508 e. The van der Waals surface area contributed by atoms with Gasteiger partial charge in [0, 0.05) is 6.07 Å².